The molecule has 2 nitrogen and oxygen atoms in total. The van der Waals surface area contributed by atoms with E-state index in [1.54, 1.807) is 0 Å². The van der Waals surface area contributed by atoms with E-state index in [1.165, 1.54) is 0 Å². The van der Waals surface area contributed by atoms with Crippen LogP contribution < -0.4 is 5.73 Å². The number of rotatable bonds is 5. The van der Waals surface area contributed by atoms with E-state index in [0.29, 0.717) is 6.04 Å². The van der Waals surface area contributed by atoms with Crippen LogP contribution in [-0.4, -0.2) is 31.1 Å². The highest BCUT2D eigenvalue weighted by molar-refractivity contribution is 4.62. The van der Waals surface area contributed by atoms with Crippen molar-refractivity contribution in [2.75, 3.05) is 20.1 Å². The molecule has 68 valence electrons. The van der Waals surface area contributed by atoms with Crippen LogP contribution in [0.1, 0.15) is 27.2 Å². The van der Waals surface area contributed by atoms with Crippen LogP contribution in [-0.2, 0) is 0 Å². The molecule has 0 aromatic heterocycles. The molecule has 0 spiro atoms. The van der Waals surface area contributed by atoms with Gasteiger partial charge < -0.3 is 10.6 Å². The zero-order chi connectivity index (χ0) is 8.85. The van der Waals surface area contributed by atoms with E-state index in [-0.39, 0.29) is 0 Å². The molecule has 0 aliphatic carbocycles. The summed E-state index contributed by atoms with van der Waals surface area (Å²) in [5.41, 5.74) is 5.46. The Hall–Kier alpha value is -0.0800. The van der Waals surface area contributed by atoms with E-state index in [4.69, 9.17) is 5.73 Å². The predicted molar refractivity (Wildman–Crippen MR) is 50.6 cm³/mol. The Kier molecular flexibility index (Phi) is 5.51. The Morgan fingerprint density at radius 2 is 1.82 bits per heavy atom. The van der Waals surface area contributed by atoms with Crippen LogP contribution >= 0.6 is 0 Å². The largest absolute Gasteiger partial charge is 0.330 e. The van der Waals surface area contributed by atoms with Gasteiger partial charge in [0.2, 0.25) is 0 Å². The third-order valence-electron chi connectivity index (χ3n) is 2.14. The van der Waals surface area contributed by atoms with Gasteiger partial charge in [-0.3, -0.25) is 0 Å². The fourth-order valence-corrected chi connectivity index (χ4v) is 1.08. The van der Waals surface area contributed by atoms with Crippen molar-refractivity contribution in [1.29, 1.82) is 0 Å². The Bertz CT molecular complexity index is 91.6. The molecular weight excluding hydrogens is 136 g/mol. The third-order valence-corrected chi connectivity index (χ3v) is 2.14. The lowest BCUT2D eigenvalue weighted by Gasteiger charge is -2.24. The summed E-state index contributed by atoms with van der Waals surface area (Å²) in [6.07, 6.45) is 1.14. The first-order valence-corrected chi connectivity index (χ1v) is 4.48. The Morgan fingerprint density at radius 3 is 2.18 bits per heavy atom. The second-order valence-corrected chi connectivity index (χ2v) is 3.72. The van der Waals surface area contributed by atoms with Crippen LogP contribution in [0.5, 0.6) is 0 Å². The standard InChI is InChI=1S/C9H22N2/c1-8(2)11(4)7-9(3)5-6-10/h8-9H,5-7,10H2,1-4H3. The second kappa shape index (κ2) is 5.56. The van der Waals surface area contributed by atoms with Crippen molar-refractivity contribution in [1.82, 2.24) is 4.90 Å². The Morgan fingerprint density at radius 1 is 1.27 bits per heavy atom. The molecule has 0 radical (unpaired) electrons. The van der Waals surface area contributed by atoms with Crippen LogP contribution in [0.4, 0.5) is 0 Å². The molecule has 2 N–H and O–H groups in total. The van der Waals surface area contributed by atoms with Gasteiger partial charge in [-0.05, 0) is 39.8 Å². The van der Waals surface area contributed by atoms with Gasteiger partial charge in [-0.2, -0.15) is 0 Å². The van der Waals surface area contributed by atoms with Crippen LogP contribution in [0.25, 0.3) is 0 Å². The minimum absolute atomic E-state index is 0.648. The van der Waals surface area contributed by atoms with Crippen molar-refractivity contribution >= 4 is 0 Å². The average Bonchev–Trinajstić information content (AvgIpc) is 1.87. The summed E-state index contributed by atoms with van der Waals surface area (Å²) in [5, 5.41) is 0. The number of hydrogen-bond donors (Lipinski definition) is 1. The predicted octanol–water partition coefficient (Wildman–Crippen LogP) is 1.31. The minimum Gasteiger partial charge on any atom is -0.330 e. The molecule has 11 heavy (non-hydrogen) atoms. The molecular formula is C9H22N2. The molecule has 1 atom stereocenters. The Balaban J connectivity index is 3.48. The molecule has 0 aromatic carbocycles. The van der Waals surface area contributed by atoms with Gasteiger partial charge in [0.1, 0.15) is 0 Å². The summed E-state index contributed by atoms with van der Waals surface area (Å²) in [6.45, 7) is 8.66. The average molecular weight is 158 g/mol. The van der Waals surface area contributed by atoms with Crippen molar-refractivity contribution < 1.29 is 0 Å². The first-order chi connectivity index (χ1) is 5.07. The summed E-state index contributed by atoms with van der Waals surface area (Å²) in [6, 6.07) is 0.648. The number of hydrogen-bond acceptors (Lipinski definition) is 2. The maximum atomic E-state index is 5.46. The topological polar surface area (TPSA) is 29.3 Å². The van der Waals surface area contributed by atoms with Gasteiger partial charge in [0, 0.05) is 12.6 Å². The van der Waals surface area contributed by atoms with Crippen LogP contribution in [0.15, 0.2) is 0 Å². The van der Waals surface area contributed by atoms with Crippen molar-refractivity contribution in [3.05, 3.63) is 0 Å². The molecule has 1 unspecified atom stereocenters. The van der Waals surface area contributed by atoms with E-state index >= 15 is 0 Å². The van der Waals surface area contributed by atoms with E-state index in [1.807, 2.05) is 0 Å². The van der Waals surface area contributed by atoms with Gasteiger partial charge in [0.15, 0.2) is 0 Å². The summed E-state index contributed by atoms with van der Waals surface area (Å²) < 4.78 is 0. The molecule has 0 aliphatic heterocycles. The summed E-state index contributed by atoms with van der Waals surface area (Å²) in [7, 11) is 2.16. The fourth-order valence-electron chi connectivity index (χ4n) is 1.08. The molecule has 0 saturated carbocycles. The van der Waals surface area contributed by atoms with Gasteiger partial charge in [-0.25, -0.2) is 0 Å². The fraction of sp³-hybridized carbons (Fsp3) is 1.00. The van der Waals surface area contributed by atoms with Gasteiger partial charge in [-0.1, -0.05) is 6.92 Å². The van der Waals surface area contributed by atoms with Crippen LogP contribution in [0.3, 0.4) is 0 Å². The number of nitrogens with two attached hydrogens (primary N) is 1. The lowest BCUT2D eigenvalue weighted by molar-refractivity contribution is 0.233. The lowest BCUT2D eigenvalue weighted by atomic mass is 10.1. The molecule has 0 aliphatic rings. The quantitative estimate of drug-likeness (QED) is 0.653. The summed E-state index contributed by atoms with van der Waals surface area (Å²) in [4.78, 5) is 2.36. The van der Waals surface area contributed by atoms with E-state index in [0.717, 1.165) is 25.4 Å². The second-order valence-electron chi connectivity index (χ2n) is 3.72. The van der Waals surface area contributed by atoms with Gasteiger partial charge in [0.25, 0.3) is 0 Å². The smallest absolute Gasteiger partial charge is 0.00356 e. The molecule has 0 aromatic rings. The Labute approximate surface area is 70.8 Å². The van der Waals surface area contributed by atoms with E-state index < -0.39 is 0 Å². The van der Waals surface area contributed by atoms with Crippen molar-refractivity contribution in [2.45, 2.75) is 33.2 Å². The molecule has 0 rings (SSSR count). The maximum Gasteiger partial charge on any atom is 0.00356 e. The highest BCUT2D eigenvalue weighted by atomic mass is 15.1. The van der Waals surface area contributed by atoms with Gasteiger partial charge >= 0.3 is 0 Å². The molecule has 0 bridgehead atoms. The summed E-state index contributed by atoms with van der Waals surface area (Å²) >= 11 is 0. The third kappa shape index (κ3) is 5.22. The molecule has 0 heterocycles. The highest BCUT2D eigenvalue weighted by Gasteiger charge is 2.07. The highest BCUT2D eigenvalue weighted by Crippen LogP contribution is 2.04. The van der Waals surface area contributed by atoms with Crippen molar-refractivity contribution in [2.24, 2.45) is 11.7 Å². The molecule has 2 heteroatoms. The zero-order valence-corrected chi connectivity index (χ0v) is 8.30. The van der Waals surface area contributed by atoms with Gasteiger partial charge in [0.05, 0.1) is 0 Å². The van der Waals surface area contributed by atoms with Crippen molar-refractivity contribution in [3.8, 4) is 0 Å². The van der Waals surface area contributed by atoms with E-state index in [2.05, 4.69) is 32.7 Å². The SMILES string of the molecule is CC(CCN)CN(C)C(C)C. The molecule has 0 saturated heterocycles. The van der Waals surface area contributed by atoms with Crippen LogP contribution in [0.2, 0.25) is 0 Å². The minimum atomic E-state index is 0.648. The monoisotopic (exact) mass is 158 g/mol. The van der Waals surface area contributed by atoms with E-state index in [9.17, 15) is 0 Å². The maximum absolute atomic E-state index is 5.46. The summed E-state index contributed by atoms with van der Waals surface area (Å²) in [5.74, 6) is 0.729. The molecule has 0 fully saturated rings. The lowest BCUT2D eigenvalue weighted by Crippen LogP contribution is -2.31. The van der Waals surface area contributed by atoms with Gasteiger partial charge in [-0.15, -0.1) is 0 Å². The van der Waals surface area contributed by atoms with Crippen LogP contribution in [0, 0.1) is 5.92 Å². The molecule has 0 amide bonds. The van der Waals surface area contributed by atoms with Crippen molar-refractivity contribution in [3.63, 3.8) is 0 Å². The first kappa shape index (κ1) is 10.9. The normalized spacial score (nSPS) is 14.5. The first-order valence-electron chi connectivity index (χ1n) is 4.48. The number of nitrogens with zero attached hydrogens (tertiary/aromatic N) is 1. The zero-order valence-electron chi connectivity index (χ0n) is 8.30.